The third kappa shape index (κ3) is 7.51. The summed E-state index contributed by atoms with van der Waals surface area (Å²) in [7, 11) is 1.61. The van der Waals surface area contributed by atoms with E-state index in [2.05, 4.69) is 4.90 Å². The first-order valence-corrected chi connectivity index (χ1v) is 11.7. The number of likely N-dealkylation sites (tertiary alicyclic amines) is 1. The normalized spacial score (nSPS) is 15.8. The van der Waals surface area contributed by atoms with Crippen LogP contribution in [0.1, 0.15) is 39.1 Å². The number of hydrogen-bond donors (Lipinski definition) is 2. The molecule has 190 valence electrons. The zero-order chi connectivity index (χ0) is 26.1. The zero-order valence-corrected chi connectivity index (χ0v) is 20.1. The quantitative estimate of drug-likeness (QED) is 0.424. The number of carbonyl (C=O) groups is 4. The van der Waals surface area contributed by atoms with Crippen LogP contribution in [-0.4, -0.2) is 76.9 Å². The van der Waals surface area contributed by atoms with Crippen molar-refractivity contribution in [2.75, 3.05) is 33.3 Å². The fraction of sp³-hybridized carbons (Fsp3) is 0.333. The maximum Gasteiger partial charge on any atom is 0.328 e. The fourth-order valence-electron chi connectivity index (χ4n) is 4.33. The van der Waals surface area contributed by atoms with E-state index in [9.17, 15) is 19.2 Å². The van der Waals surface area contributed by atoms with Crippen molar-refractivity contribution in [3.63, 3.8) is 0 Å². The Kier molecular flexibility index (Phi) is 9.35. The molecule has 0 unspecified atom stereocenters. The largest absolute Gasteiger partial charge is 0.497 e. The summed E-state index contributed by atoms with van der Waals surface area (Å²) < 4.78 is 5.21. The van der Waals surface area contributed by atoms with Gasteiger partial charge in [0, 0.05) is 36.4 Å². The van der Waals surface area contributed by atoms with Crippen LogP contribution in [0.3, 0.4) is 0 Å². The average molecular weight is 495 g/mol. The first kappa shape index (κ1) is 26.6. The SMILES string of the molecule is COc1cccc(C(=O)CN2CCC(CN3Cc4ccccc4C3=O)CC2)c1.O=C(O)/C=C/C(=O)O. The second-order valence-corrected chi connectivity index (χ2v) is 8.73. The maximum absolute atomic E-state index is 12.6. The van der Waals surface area contributed by atoms with Crippen molar-refractivity contribution in [1.82, 2.24) is 9.80 Å². The number of ether oxygens (including phenoxy) is 1. The third-order valence-electron chi connectivity index (χ3n) is 6.21. The number of ketones is 1. The lowest BCUT2D eigenvalue weighted by Gasteiger charge is -2.33. The Morgan fingerprint density at radius 1 is 1.00 bits per heavy atom. The predicted octanol–water partition coefficient (Wildman–Crippen LogP) is 2.96. The van der Waals surface area contributed by atoms with Gasteiger partial charge >= 0.3 is 11.9 Å². The van der Waals surface area contributed by atoms with E-state index in [1.54, 1.807) is 13.2 Å². The number of carboxylic acids is 2. The number of nitrogens with zero attached hydrogens (tertiary/aromatic N) is 2. The van der Waals surface area contributed by atoms with Gasteiger partial charge in [-0.1, -0.05) is 30.3 Å². The zero-order valence-electron chi connectivity index (χ0n) is 20.1. The maximum atomic E-state index is 12.6. The Balaban J connectivity index is 0.000000392. The molecule has 4 rings (SSSR count). The minimum absolute atomic E-state index is 0.127. The van der Waals surface area contributed by atoms with Gasteiger partial charge in [0.05, 0.1) is 13.7 Å². The van der Waals surface area contributed by atoms with Crippen LogP contribution in [0.2, 0.25) is 0 Å². The molecular formula is C27H30N2O7. The molecule has 2 heterocycles. The number of piperidine rings is 1. The molecule has 9 heteroatoms. The molecule has 2 N–H and O–H groups in total. The standard InChI is InChI=1S/C23H26N2O3.C4H4O4/c1-28-20-7-4-6-18(13-20)22(26)16-24-11-9-17(10-12-24)14-25-15-19-5-2-3-8-21(19)23(25)27;5-3(6)1-2-4(7)8/h2-8,13,17H,9-12,14-16H2,1H3;1-2H,(H,5,6)(H,7,8)/b;2-1+. The summed E-state index contributed by atoms with van der Waals surface area (Å²) in [6.07, 6.45) is 3.15. The molecule has 2 aromatic carbocycles. The third-order valence-corrected chi connectivity index (χ3v) is 6.21. The molecule has 0 saturated carbocycles. The van der Waals surface area contributed by atoms with E-state index in [-0.39, 0.29) is 11.7 Å². The van der Waals surface area contributed by atoms with E-state index < -0.39 is 11.9 Å². The number of Topliss-reactive ketones (excluding diaryl/α,β-unsaturated/α-hetero) is 1. The van der Waals surface area contributed by atoms with Gasteiger partial charge in [-0.05, 0) is 55.6 Å². The lowest BCUT2D eigenvalue weighted by molar-refractivity contribution is -0.134. The van der Waals surface area contributed by atoms with Crippen LogP contribution < -0.4 is 4.74 Å². The van der Waals surface area contributed by atoms with Crippen molar-refractivity contribution >= 4 is 23.6 Å². The van der Waals surface area contributed by atoms with Crippen molar-refractivity contribution < 1.29 is 34.1 Å². The predicted molar refractivity (Wildman–Crippen MR) is 132 cm³/mol. The van der Waals surface area contributed by atoms with Gasteiger partial charge in [0.1, 0.15) is 5.75 Å². The van der Waals surface area contributed by atoms with Crippen molar-refractivity contribution in [3.8, 4) is 5.75 Å². The van der Waals surface area contributed by atoms with Gasteiger partial charge in [0.25, 0.3) is 5.91 Å². The van der Waals surface area contributed by atoms with Crippen molar-refractivity contribution in [3.05, 3.63) is 77.4 Å². The number of carboxylic acid groups (broad SMARTS) is 2. The number of hydrogen-bond acceptors (Lipinski definition) is 6. The number of fused-ring (bicyclic) bond motifs is 1. The van der Waals surface area contributed by atoms with Gasteiger partial charge < -0.3 is 19.8 Å². The van der Waals surface area contributed by atoms with E-state index in [0.29, 0.717) is 35.9 Å². The first-order valence-electron chi connectivity index (χ1n) is 11.7. The van der Waals surface area contributed by atoms with Crippen molar-refractivity contribution in [2.24, 2.45) is 5.92 Å². The topological polar surface area (TPSA) is 124 Å². The Morgan fingerprint density at radius 2 is 1.67 bits per heavy atom. The molecule has 36 heavy (non-hydrogen) atoms. The van der Waals surface area contributed by atoms with Crippen LogP contribution in [0, 0.1) is 5.92 Å². The highest BCUT2D eigenvalue weighted by Crippen LogP contribution is 2.26. The van der Waals surface area contributed by atoms with E-state index in [1.807, 2.05) is 47.4 Å². The fourth-order valence-corrected chi connectivity index (χ4v) is 4.33. The summed E-state index contributed by atoms with van der Waals surface area (Å²) in [6, 6.07) is 15.2. The lowest BCUT2D eigenvalue weighted by atomic mass is 9.95. The van der Waals surface area contributed by atoms with E-state index in [1.165, 1.54) is 0 Å². The number of amides is 1. The number of methoxy groups -OCH3 is 1. The number of aliphatic carboxylic acids is 2. The molecule has 2 aliphatic rings. The monoisotopic (exact) mass is 494 g/mol. The summed E-state index contributed by atoms with van der Waals surface area (Å²) in [5.74, 6) is -1.02. The lowest BCUT2D eigenvalue weighted by Crippen LogP contribution is -2.40. The molecule has 1 amide bonds. The molecular weight excluding hydrogens is 464 g/mol. The number of rotatable bonds is 8. The smallest absolute Gasteiger partial charge is 0.328 e. The molecule has 1 fully saturated rings. The van der Waals surface area contributed by atoms with Gasteiger partial charge in [-0.3, -0.25) is 14.5 Å². The molecule has 9 nitrogen and oxygen atoms in total. The summed E-state index contributed by atoms with van der Waals surface area (Å²) in [5.41, 5.74) is 2.68. The van der Waals surface area contributed by atoms with Crippen LogP contribution in [0.15, 0.2) is 60.7 Å². The Bertz CT molecular complexity index is 1120. The van der Waals surface area contributed by atoms with Crippen LogP contribution in [0.4, 0.5) is 0 Å². The first-order chi connectivity index (χ1) is 17.3. The highest BCUT2D eigenvalue weighted by molar-refractivity contribution is 5.98. The highest BCUT2D eigenvalue weighted by Gasteiger charge is 2.30. The van der Waals surface area contributed by atoms with Crippen LogP contribution in [0.25, 0.3) is 0 Å². The van der Waals surface area contributed by atoms with Gasteiger partial charge in [-0.25, -0.2) is 9.59 Å². The van der Waals surface area contributed by atoms with Crippen molar-refractivity contribution in [1.29, 1.82) is 0 Å². The Hall–Kier alpha value is -3.98. The highest BCUT2D eigenvalue weighted by atomic mass is 16.5. The van der Waals surface area contributed by atoms with Crippen molar-refractivity contribution in [2.45, 2.75) is 19.4 Å². The molecule has 0 aliphatic carbocycles. The Morgan fingerprint density at radius 3 is 2.28 bits per heavy atom. The van der Waals surface area contributed by atoms with Gasteiger partial charge in [-0.15, -0.1) is 0 Å². The molecule has 0 bridgehead atoms. The molecule has 0 aromatic heterocycles. The summed E-state index contributed by atoms with van der Waals surface area (Å²) in [6.45, 7) is 3.77. The number of carbonyl (C=O) groups excluding carboxylic acids is 2. The van der Waals surface area contributed by atoms with Crippen LogP contribution in [0.5, 0.6) is 5.75 Å². The molecule has 0 radical (unpaired) electrons. The summed E-state index contributed by atoms with van der Waals surface area (Å²) >= 11 is 0. The van der Waals surface area contributed by atoms with Gasteiger partial charge in [-0.2, -0.15) is 0 Å². The second-order valence-electron chi connectivity index (χ2n) is 8.73. The minimum Gasteiger partial charge on any atom is -0.497 e. The minimum atomic E-state index is -1.26. The molecule has 2 aliphatic heterocycles. The van der Waals surface area contributed by atoms with Gasteiger partial charge in [0.15, 0.2) is 5.78 Å². The van der Waals surface area contributed by atoms with Crippen LogP contribution >= 0.6 is 0 Å². The van der Waals surface area contributed by atoms with E-state index in [4.69, 9.17) is 14.9 Å². The van der Waals surface area contributed by atoms with Crippen LogP contribution in [-0.2, 0) is 16.1 Å². The number of benzene rings is 2. The average Bonchev–Trinajstić information content (AvgIpc) is 3.19. The summed E-state index contributed by atoms with van der Waals surface area (Å²) in [4.78, 5) is 48.4. The van der Waals surface area contributed by atoms with E-state index in [0.717, 1.165) is 50.1 Å². The summed E-state index contributed by atoms with van der Waals surface area (Å²) in [5, 5.41) is 15.6. The molecule has 2 aromatic rings. The molecule has 0 atom stereocenters. The molecule has 1 saturated heterocycles. The second kappa shape index (κ2) is 12.6. The van der Waals surface area contributed by atoms with E-state index >= 15 is 0 Å². The Labute approximate surface area is 209 Å². The molecule has 0 spiro atoms. The van der Waals surface area contributed by atoms with Gasteiger partial charge in [0.2, 0.25) is 0 Å².